The molecule has 3 rings (SSSR count). The molecule has 1 saturated heterocycles. The van der Waals surface area contributed by atoms with Gasteiger partial charge in [0.2, 0.25) is 5.88 Å². The van der Waals surface area contributed by atoms with Crippen LogP contribution in [0.3, 0.4) is 0 Å². The number of unbranched alkanes of at least 4 members (excludes halogenated alkanes) is 2. The molecule has 2 heterocycles. The van der Waals surface area contributed by atoms with Crippen LogP contribution in [-0.2, 0) is 0 Å². The first-order valence-corrected chi connectivity index (χ1v) is 8.86. The number of hydrogen-bond donors (Lipinski definition) is 0. The van der Waals surface area contributed by atoms with Crippen LogP contribution < -0.4 is 4.74 Å². The molecule has 0 atom stereocenters. The van der Waals surface area contributed by atoms with Gasteiger partial charge in [-0.2, -0.15) is 0 Å². The van der Waals surface area contributed by atoms with Crippen LogP contribution in [0.15, 0.2) is 36.4 Å². The highest BCUT2D eigenvalue weighted by atomic mass is 35.5. The number of aromatic nitrogens is 1. The van der Waals surface area contributed by atoms with Crippen LogP contribution in [0, 0.1) is 0 Å². The summed E-state index contributed by atoms with van der Waals surface area (Å²) in [4.78, 5) is 7.06. The Morgan fingerprint density at radius 2 is 1.91 bits per heavy atom. The number of thioether (sulfide) groups is 1. The van der Waals surface area contributed by atoms with E-state index in [-0.39, 0.29) is 24.8 Å². The number of hydrogen-bond acceptors (Lipinski definition) is 4. The van der Waals surface area contributed by atoms with Gasteiger partial charge in [0.05, 0.1) is 12.1 Å². The molecular weight excluding hydrogens is 351 g/mol. The van der Waals surface area contributed by atoms with Gasteiger partial charge >= 0.3 is 0 Å². The molecule has 1 aliphatic rings. The Balaban J connectivity index is 0.00000132. The molecule has 0 amide bonds. The molecule has 2 aromatic rings. The number of ether oxygens (including phenoxy) is 1. The molecule has 0 radical (unpaired) electrons. The molecule has 0 aliphatic carbocycles. The Labute approximate surface area is 155 Å². The molecule has 0 unspecified atom stereocenters. The lowest BCUT2D eigenvalue weighted by atomic mass is 10.2. The summed E-state index contributed by atoms with van der Waals surface area (Å²) in [6, 6.07) is 12.2. The average Bonchev–Trinajstić information content (AvgIpc) is 3.04. The zero-order valence-corrected chi connectivity index (χ0v) is 15.6. The monoisotopic (exact) mass is 374 g/mol. The van der Waals surface area contributed by atoms with Crippen molar-refractivity contribution in [2.45, 2.75) is 19.3 Å². The molecule has 0 bridgehead atoms. The molecule has 0 saturated carbocycles. The van der Waals surface area contributed by atoms with E-state index in [0.29, 0.717) is 0 Å². The second-order valence-electron chi connectivity index (χ2n) is 5.41. The number of benzene rings is 1. The van der Waals surface area contributed by atoms with Crippen LogP contribution in [0.4, 0.5) is 0 Å². The van der Waals surface area contributed by atoms with E-state index in [1.165, 1.54) is 37.6 Å². The van der Waals surface area contributed by atoms with E-state index < -0.39 is 0 Å². The molecule has 128 valence electrons. The average molecular weight is 375 g/mol. The smallest absolute Gasteiger partial charge is 0.213 e. The molecular formula is C17H24Cl2N2OS. The predicted molar refractivity (Wildman–Crippen MR) is 104 cm³/mol. The zero-order chi connectivity index (χ0) is 14.3. The third kappa shape index (κ3) is 6.38. The second kappa shape index (κ2) is 11.0. The molecule has 3 nitrogen and oxygen atoms in total. The maximum absolute atomic E-state index is 5.76. The predicted octanol–water partition coefficient (Wildman–Crippen LogP) is 4.63. The highest BCUT2D eigenvalue weighted by Gasteiger charge is 2.10. The lowest BCUT2D eigenvalue weighted by Gasteiger charge is -2.13. The molecule has 1 aromatic carbocycles. The summed E-state index contributed by atoms with van der Waals surface area (Å²) < 4.78 is 5.76. The molecule has 0 spiro atoms. The summed E-state index contributed by atoms with van der Waals surface area (Å²) in [6.07, 6.45) is 3.61. The summed E-state index contributed by atoms with van der Waals surface area (Å²) >= 11 is 2.04. The van der Waals surface area contributed by atoms with Crippen molar-refractivity contribution in [2.75, 3.05) is 31.3 Å². The first-order valence-electron chi connectivity index (χ1n) is 7.70. The van der Waals surface area contributed by atoms with E-state index in [0.717, 1.165) is 29.8 Å². The number of rotatable bonds is 7. The van der Waals surface area contributed by atoms with E-state index in [1.54, 1.807) is 0 Å². The van der Waals surface area contributed by atoms with Crippen molar-refractivity contribution in [1.82, 2.24) is 9.88 Å². The SMILES string of the molecule is Cl.Cl.c1ccc2nc(OCCCCCN3CCSC3)ccc2c1. The Morgan fingerprint density at radius 3 is 2.74 bits per heavy atom. The lowest BCUT2D eigenvalue weighted by Crippen LogP contribution is -2.20. The highest BCUT2D eigenvalue weighted by Crippen LogP contribution is 2.17. The molecule has 1 fully saturated rings. The van der Waals surface area contributed by atoms with E-state index in [2.05, 4.69) is 22.0 Å². The van der Waals surface area contributed by atoms with Crippen LogP contribution in [0.2, 0.25) is 0 Å². The van der Waals surface area contributed by atoms with Crippen molar-refractivity contribution in [3.05, 3.63) is 36.4 Å². The van der Waals surface area contributed by atoms with Crippen molar-refractivity contribution in [2.24, 2.45) is 0 Å². The Kier molecular flexibility index (Phi) is 9.72. The summed E-state index contributed by atoms with van der Waals surface area (Å²) in [5.74, 6) is 3.26. The van der Waals surface area contributed by atoms with Gasteiger partial charge in [-0.1, -0.05) is 18.2 Å². The van der Waals surface area contributed by atoms with E-state index in [9.17, 15) is 0 Å². The summed E-state index contributed by atoms with van der Waals surface area (Å²) in [7, 11) is 0. The van der Waals surface area contributed by atoms with Crippen LogP contribution in [0.25, 0.3) is 10.9 Å². The number of fused-ring (bicyclic) bond motifs is 1. The van der Waals surface area contributed by atoms with Gasteiger partial charge < -0.3 is 4.74 Å². The highest BCUT2D eigenvalue weighted by molar-refractivity contribution is 7.99. The number of nitrogens with zero attached hydrogens (tertiary/aromatic N) is 2. The third-order valence-electron chi connectivity index (χ3n) is 3.77. The third-order valence-corrected chi connectivity index (χ3v) is 4.79. The first kappa shape index (κ1) is 20.4. The summed E-state index contributed by atoms with van der Waals surface area (Å²) in [5.41, 5.74) is 1.00. The molecule has 0 N–H and O–H groups in total. The minimum atomic E-state index is 0. The fourth-order valence-electron chi connectivity index (χ4n) is 2.55. The minimum absolute atomic E-state index is 0. The van der Waals surface area contributed by atoms with Crippen LogP contribution in [-0.4, -0.2) is 41.2 Å². The van der Waals surface area contributed by atoms with Gasteiger partial charge in [-0.15, -0.1) is 36.6 Å². The zero-order valence-electron chi connectivity index (χ0n) is 13.1. The van der Waals surface area contributed by atoms with Gasteiger partial charge in [0.1, 0.15) is 0 Å². The molecule has 1 aliphatic heterocycles. The topological polar surface area (TPSA) is 25.4 Å². The van der Waals surface area contributed by atoms with Crippen LogP contribution in [0.1, 0.15) is 19.3 Å². The quantitative estimate of drug-likeness (QED) is 0.659. The molecule has 1 aromatic heterocycles. The van der Waals surface area contributed by atoms with E-state index in [4.69, 9.17) is 4.74 Å². The van der Waals surface area contributed by atoms with Crippen LogP contribution >= 0.6 is 36.6 Å². The summed E-state index contributed by atoms with van der Waals surface area (Å²) in [5, 5.41) is 1.16. The van der Waals surface area contributed by atoms with E-state index in [1.807, 2.05) is 36.0 Å². The van der Waals surface area contributed by atoms with Gasteiger partial charge in [-0.3, -0.25) is 4.90 Å². The van der Waals surface area contributed by atoms with Gasteiger partial charge in [0.25, 0.3) is 0 Å². The molecule has 23 heavy (non-hydrogen) atoms. The largest absolute Gasteiger partial charge is 0.478 e. The van der Waals surface area contributed by atoms with Crippen molar-refractivity contribution >= 4 is 47.5 Å². The number of halogens is 2. The number of para-hydroxylation sites is 1. The summed E-state index contributed by atoms with van der Waals surface area (Å²) in [6.45, 7) is 3.27. The fraction of sp³-hybridized carbons (Fsp3) is 0.471. The van der Waals surface area contributed by atoms with Crippen molar-refractivity contribution in [1.29, 1.82) is 0 Å². The normalized spacial score (nSPS) is 14.3. The fourth-order valence-corrected chi connectivity index (χ4v) is 3.58. The standard InChI is InChI=1S/C17H22N2OS.2ClH/c1(4-10-19-11-13-21-14-19)5-12-20-17-9-8-15-6-2-3-7-16(15)18-17;;/h2-3,6-9H,1,4-5,10-14H2;2*1H. The van der Waals surface area contributed by atoms with Crippen molar-refractivity contribution in [3.8, 4) is 5.88 Å². The van der Waals surface area contributed by atoms with Gasteiger partial charge in [-0.05, 0) is 37.9 Å². The Morgan fingerprint density at radius 1 is 1.04 bits per heavy atom. The van der Waals surface area contributed by atoms with Gasteiger partial charge in [-0.25, -0.2) is 4.98 Å². The van der Waals surface area contributed by atoms with Gasteiger partial charge in [0.15, 0.2) is 0 Å². The number of pyridine rings is 1. The first-order chi connectivity index (χ1) is 10.4. The van der Waals surface area contributed by atoms with Gasteiger partial charge in [0, 0.05) is 29.6 Å². The van der Waals surface area contributed by atoms with Crippen molar-refractivity contribution in [3.63, 3.8) is 0 Å². The minimum Gasteiger partial charge on any atom is -0.478 e. The van der Waals surface area contributed by atoms with Crippen LogP contribution in [0.5, 0.6) is 5.88 Å². The Bertz CT molecular complexity index is 579. The maximum Gasteiger partial charge on any atom is 0.213 e. The second-order valence-corrected chi connectivity index (χ2v) is 6.48. The maximum atomic E-state index is 5.76. The van der Waals surface area contributed by atoms with Crippen molar-refractivity contribution < 1.29 is 4.74 Å². The lowest BCUT2D eigenvalue weighted by molar-refractivity contribution is 0.286. The Hall–Kier alpha value is -0.680. The molecule has 6 heteroatoms. The van der Waals surface area contributed by atoms with E-state index >= 15 is 0 Å².